The smallest absolute Gasteiger partial charge is 0.335 e. The van der Waals surface area contributed by atoms with Gasteiger partial charge in [-0.15, -0.1) is 0 Å². The Labute approximate surface area is 551 Å². The van der Waals surface area contributed by atoms with Crippen LogP contribution in [0.5, 0.6) is 0 Å². The van der Waals surface area contributed by atoms with Crippen molar-refractivity contribution in [1.29, 1.82) is 0 Å². The lowest BCUT2D eigenvalue weighted by Crippen LogP contribution is -2.70. The van der Waals surface area contributed by atoms with E-state index in [0.717, 1.165) is 5.57 Å². The first-order valence-corrected chi connectivity index (χ1v) is 33.4. The second kappa shape index (κ2) is 28.0. The minimum Gasteiger partial charge on any atom is -0.479 e. The predicted molar refractivity (Wildman–Crippen MR) is 321 cm³/mol. The second-order valence-electron chi connectivity index (χ2n) is 30.7. The van der Waals surface area contributed by atoms with Crippen LogP contribution in [-0.4, -0.2) is 297 Å². The minimum absolute atomic E-state index is 0.00373. The minimum atomic E-state index is -2.36. The van der Waals surface area contributed by atoms with Gasteiger partial charge < -0.3 is 139 Å². The highest BCUT2D eigenvalue weighted by molar-refractivity contribution is 5.87. The van der Waals surface area contributed by atoms with Crippen molar-refractivity contribution in [2.75, 3.05) is 26.4 Å². The number of fused-ring (bicyclic) bond motifs is 7. The van der Waals surface area contributed by atoms with Crippen molar-refractivity contribution in [3.63, 3.8) is 0 Å². The zero-order chi connectivity index (χ0) is 69.9. The zero-order valence-corrected chi connectivity index (χ0v) is 55.4. The lowest BCUT2D eigenvalue weighted by Gasteiger charge is -2.72. The van der Waals surface area contributed by atoms with Gasteiger partial charge in [0.15, 0.2) is 37.6 Å². The quantitative estimate of drug-likeness (QED) is 0.0296. The highest BCUT2D eigenvalue weighted by Gasteiger charge is 2.72. The number of carbonyl (C=O) groups excluding carboxylic acids is 1. The van der Waals surface area contributed by atoms with Crippen LogP contribution in [0.1, 0.15) is 121 Å². The summed E-state index contributed by atoms with van der Waals surface area (Å²) in [6.07, 6.45) is -43.9. The van der Waals surface area contributed by atoms with Gasteiger partial charge >= 0.3 is 11.9 Å². The van der Waals surface area contributed by atoms with Gasteiger partial charge in [-0.1, -0.05) is 66.2 Å². The first-order valence-electron chi connectivity index (χ1n) is 33.4. The summed E-state index contributed by atoms with van der Waals surface area (Å²) >= 11 is 0. The van der Waals surface area contributed by atoms with E-state index in [0.29, 0.717) is 56.9 Å². The average molecular weight is 1370 g/mol. The summed E-state index contributed by atoms with van der Waals surface area (Å²) in [6.45, 7) is 16.6. The van der Waals surface area contributed by atoms with Crippen LogP contribution in [0.15, 0.2) is 23.3 Å². The van der Waals surface area contributed by atoms with E-state index in [4.69, 9.17) is 52.1 Å². The monoisotopic (exact) mass is 1360 g/mol. The Morgan fingerprint density at radius 3 is 1.60 bits per heavy atom. The van der Waals surface area contributed by atoms with E-state index >= 15 is 0 Å². The van der Waals surface area contributed by atoms with Crippen LogP contribution in [0.2, 0.25) is 0 Å². The van der Waals surface area contributed by atoms with Crippen LogP contribution < -0.4 is 0 Å². The van der Waals surface area contributed by atoms with Crippen molar-refractivity contribution in [2.45, 2.75) is 292 Å². The van der Waals surface area contributed by atoms with E-state index in [1.165, 1.54) is 6.92 Å². The molecule has 95 heavy (non-hydrogen) atoms. The average Bonchev–Trinajstić information content (AvgIpc) is 0.672. The van der Waals surface area contributed by atoms with Gasteiger partial charge in [-0.3, -0.25) is 0 Å². The Balaban J connectivity index is 0.976. The standard InChI is InChI=1S/C65H104O30/c1-11-25(2)54(84)89-36-20-60(4,5)18-28-27-12-13-33-62(8)16-15-35(61(6,7)32(62)14-17-63(33,9)64(27,10)19-34(70)65(28,36)24-69)90-59-52(95-56-46(80)42(76)39(73)30(22-67)87-56)48(47(81)49(92-59)53(82)83)91-58-51(44(78)40(74)31(23-68)88-58)94-57-50(43(77)37(71)26(3)85-57)93-55-45(79)41(75)38(72)29(21-66)86-55/h11-12,26,28-52,55-59,66-81H,13-24H2,1-10H3,(H,82,83). The third kappa shape index (κ3) is 12.7. The molecule has 0 bridgehead atoms. The maximum atomic E-state index is 13.5. The van der Waals surface area contributed by atoms with Crippen molar-refractivity contribution < 1.29 is 149 Å². The van der Waals surface area contributed by atoms with Gasteiger partial charge in [0, 0.05) is 5.57 Å². The summed E-state index contributed by atoms with van der Waals surface area (Å²) in [5, 5.41) is 190. The van der Waals surface area contributed by atoms with Crippen molar-refractivity contribution in [3.8, 4) is 0 Å². The number of rotatable bonds is 17. The number of aliphatic carboxylic acids is 1. The van der Waals surface area contributed by atoms with Crippen molar-refractivity contribution in [1.82, 2.24) is 0 Å². The van der Waals surface area contributed by atoms with Crippen LogP contribution in [-0.2, 0) is 61.7 Å². The van der Waals surface area contributed by atoms with Crippen molar-refractivity contribution in [3.05, 3.63) is 23.3 Å². The number of carboxylic acid groups (broad SMARTS) is 1. The third-order valence-electron chi connectivity index (χ3n) is 24.6. The van der Waals surface area contributed by atoms with Gasteiger partial charge in [0.25, 0.3) is 0 Å². The first-order chi connectivity index (χ1) is 44.5. The fourth-order valence-corrected chi connectivity index (χ4v) is 18.8. The number of carboxylic acids is 1. The van der Waals surface area contributed by atoms with Crippen molar-refractivity contribution >= 4 is 11.9 Å². The molecule has 0 amide bonds. The molecule has 4 saturated carbocycles. The zero-order valence-electron chi connectivity index (χ0n) is 55.4. The SMILES string of the molecule is CC=C(C)C(=O)OC1CC(C)(C)CC2C3=CCC4C5(C)CCC(OC6OC(C(=O)O)C(O)C(OC7OC(CO)C(O)C(O)C7OC7OC(C)C(O)C(O)C7OC7OC(CO)C(O)C(O)C7O)C6OC6OC(CO)C(O)C(O)C6O)C(C)(C)C5CCC4(C)C3(C)CC(O)C12CO. The Hall–Kier alpha value is -2.62. The molecule has 10 rings (SSSR count). The topological polar surface area (TPSA) is 480 Å². The van der Waals surface area contributed by atoms with E-state index < -0.39 is 237 Å². The molecule has 30 heteroatoms. The molecule has 10 aliphatic rings. The number of aliphatic hydroxyl groups is 16. The number of hydrogen-bond donors (Lipinski definition) is 17. The number of allylic oxidation sites excluding steroid dienone is 3. The van der Waals surface area contributed by atoms with Gasteiger partial charge in [0.2, 0.25) is 0 Å². The van der Waals surface area contributed by atoms with Gasteiger partial charge in [0.1, 0.15) is 116 Å². The number of esters is 1. The Morgan fingerprint density at radius 1 is 0.547 bits per heavy atom. The summed E-state index contributed by atoms with van der Waals surface area (Å²) in [7, 11) is 0. The summed E-state index contributed by atoms with van der Waals surface area (Å²) in [6, 6.07) is 0. The van der Waals surface area contributed by atoms with E-state index in [2.05, 4.69) is 40.7 Å². The molecule has 0 aromatic carbocycles. The number of ether oxygens (including phenoxy) is 11. The lowest BCUT2D eigenvalue weighted by atomic mass is 9.33. The fourth-order valence-electron chi connectivity index (χ4n) is 18.8. The van der Waals surface area contributed by atoms with E-state index in [1.54, 1.807) is 19.9 Å². The van der Waals surface area contributed by atoms with Crippen LogP contribution in [0.25, 0.3) is 0 Å². The number of carbonyl (C=O) groups is 2. The molecule has 17 N–H and O–H groups in total. The van der Waals surface area contributed by atoms with E-state index in [-0.39, 0.29) is 23.2 Å². The lowest BCUT2D eigenvalue weighted by molar-refractivity contribution is -0.412. The second-order valence-corrected chi connectivity index (χ2v) is 30.7. The maximum absolute atomic E-state index is 13.5. The van der Waals surface area contributed by atoms with Gasteiger partial charge in [-0.05, 0) is 117 Å². The molecule has 5 aliphatic heterocycles. The number of aliphatic hydroxyl groups excluding tert-OH is 16. The summed E-state index contributed by atoms with van der Waals surface area (Å²) in [5.74, 6) is -2.73. The molecule has 5 saturated heterocycles. The van der Waals surface area contributed by atoms with E-state index in [1.807, 2.05) is 13.8 Å². The Morgan fingerprint density at radius 2 is 1.05 bits per heavy atom. The van der Waals surface area contributed by atoms with Crippen LogP contribution >= 0.6 is 0 Å². The molecule has 544 valence electrons. The summed E-state index contributed by atoms with van der Waals surface area (Å²) in [5.41, 5.74) is -2.23. The molecular formula is C65H104O30. The molecule has 0 spiro atoms. The third-order valence-corrected chi connectivity index (χ3v) is 24.6. The summed E-state index contributed by atoms with van der Waals surface area (Å²) in [4.78, 5) is 26.9. The first kappa shape index (κ1) is 75.1. The molecule has 5 aliphatic carbocycles. The molecular weight excluding hydrogens is 1260 g/mol. The maximum Gasteiger partial charge on any atom is 0.335 e. The highest BCUT2D eigenvalue weighted by Crippen LogP contribution is 2.76. The van der Waals surface area contributed by atoms with Crippen molar-refractivity contribution in [2.24, 2.45) is 50.2 Å². The van der Waals surface area contributed by atoms with Crippen LogP contribution in [0.3, 0.4) is 0 Å². The predicted octanol–water partition coefficient (Wildman–Crippen LogP) is -3.16. The largest absolute Gasteiger partial charge is 0.479 e. The van der Waals surface area contributed by atoms with Gasteiger partial charge in [-0.2, -0.15) is 0 Å². The molecule has 5 heterocycles. The summed E-state index contributed by atoms with van der Waals surface area (Å²) < 4.78 is 67.8. The Bertz CT molecular complexity index is 2750. The molecule has 35 atom stereocenters. The number of hydrogen-bond acceptors (Lipinski definition) is 29. The Kier molecular flexibility index (Phi) is 22.1. The van der Waals surface area contributed by atoms with Gasteiger partial charge in [-0.25, -0.2) is 9.59 Å². The molecule has 30 nitrogen and oxygen atoms in total. The molecule has 0 aromatic rings. The molecule has 35 unspecified atom stereocenters. The van der Waals surface area contributed by atoms with E-state index in [9.17, 15) is 96.4 Å². The van der Waals surface area contributed by atoms with Gasteiger partial charge in [0.05, 0.1) is 50.2 Å². The van der Waals surface area contributed by atoms with Crippen LogP contribution in [0.4, 0.5) is 0 Å². The van der Waals surface area contributed by atoms with Crippen LogP contribution in [0, 0.1) is 50.2 Å². The highest BCUT2D eigenvalue weighted by atomic mass is 16.8. The molecule has 0 radical (unpaired) electrons. The molecule has 9 fully saturated rings. The molecule has 0 aromatic heterocycles. The normalized spacial score (nSPS) is 52.2. The fraction of sp³-hybridized carbons (Fsp3) is 0.908.